The second kappa shape index (κ2) is 7.63. The molecule has 0 bridgehead atoms. The van der Waals surface area contributed by atoms with Gasteiger partial charge in [0.05, 0.1) is 27.8 Å². The Bertz CT molecular complexity index is 420. The molecular formula is C14H21NO4. The van der Waals surface area contributed by atoms with Gasteiger partial charge in [-0.25, -0.2) is 0 Å². The van der Waals surface area contributed by atoms with E-state index in [1.165, 1.54) is 4.90 Å². The molecule has 1 N–H and O–H groups in total. The van der Waals surface area contributed by atoms with Gasteiger partial charge in [-0.05, 0) is 18.6 Å². The van der Waals surface area contributed by atoms with Crippen LogP contribution in [0.1, 0.15) is 18.4 Å². The molecule has 0 saturated heterocycles. The van der Waals surface area contributed by atoms with Crippen LogP contribution in [0.25, 0.3) is 0 Å². The van der Waals surface area contributed by atoms with E-state index in [4.69, 9.17) is 9.47 Å². The fraction of sp³-hybridized carbons (Fsp3) is 0.500. The molecule has 5 heteroatoms. The predicted octanol–water partition coefficient (Wildman–Crippen LogP) is -0.751. The highest BCUT2D eigenvalue weighted by atomic mass is 16.5. The molecule has 106 valence electrons. The van der Waals surface area contributed by atoms with E-state index >= 15 is 0 Å². The fourth-order valence-electron chi connectivity index (χ4n) is 1.95. The maximum absolute atomic E-state index is 10.4. The third kappa shape index (κ3) is 5.18. The number of ether oxygens (including phenoxy) is 2. The van der Waals surface area contributed by atoms with Crippen LogP contribution in [0, 0.1) is 0 Å². The Hall–Kier alpha value is -1.75. The molecule has 0 fully saturated rings. The molecule has 1 rings (SSSR count). The lowest BCUT2D eigenvalue weighted by Crippen LogP contribution is -3.07. The Labute approximate surface area is 113 Å². The Morgan fingerprint density at radius 2 is 2.05 bits per heavy atom. The molecule has 1 aromatic rings. The van der Waals surface area contributed by atoms with Crippen LogP contribution in [0.3, 0.4) is 0 Å². The number of methoxy groups -OCH3 is 2. The lowest BCUT2D eigenvalue weighted by atomic mass is 10.1. The molecule has 19 heavy (non-hydrogen) atoms. The van der Waals surface area contributed by atoms with Crippen LogP contribution in [-0.2, 0) is 11.3 Å². The summed E-state index contributed by atoms with van der Waals surface area (Å²) >= 11 is 0. The number of hydrogen-bond acceptors (Lipinski definition) is 4. The maximum atomic E-state index is 10.4. The summed E-state index contributed by atoms with van der Waals surface area (Å²) in [6.07, 6.45) is 0.726. The number of quaternary nitrogens is 1. The third-order valence-electron chi connectivity index (χ3n) is 2.97. The van der Waals surface area contributed by atoms with Gasteiger partial charge in [-0.3, -0.25) is 0 Å². The van der Waals surface area contributed by atoms with Crippen molar-refractivity contribution in [3.05, 3.63) is 23.8 Å². The second-order valence-electron chi connectivity index (χ2n) is 4.54. The first-order valence-corrected chi connectivity index (χ1v) is 6.29. The van der Waals surface area contributed by atoms with E-state index < -0.39 is 5.97 Å². The maximum Gasteiger partial charge on any atom is 0.131 e. The number of benzene rings is 1. The van der Waals surface area contributed by atoms with Gasteiger partial charge >= 0.3 is 0 Å². The van der Waals surface area contributed by atoms with E-state index in [-0.39, 0.29) is 6.42 Å². The number of aliphatic carboxylic acids is 1. The van der Waals surface area contributed by atoms with Gasteiger partial charge in [-0.2, -0.15) is 0 Å². The van der Waals surface area contributed by atoms with Gasteiger partial charge < -0.3 is 24.3 Å². The molecule has 0 radical (unpaired) electrons. The van der Waals surface area contributed by atoms with Crippen molar-refractivity contribution < 1.29 is 24.3 Å². The molecule has 0 spiro atoms. The molecule has 1 aromatic carbocycles. The largest absolute Gasteiger partial charge is 0.550 e. The van der Waals surface area contributed by atoms with Crippen LogP contribution < -0.4 is 19.5 Å². The second-order valence-corrected chi connectivity index (χ2v) is 4.54. The average molecular weight is 267 g/mol. The minimum absolute atomic E-state index is 0.108. The molecule has 0 aliphatic carbocycles. The molecule has 0 aliphatic rings. The van der Waals surface area contributed by atoms with E-state index in [1.54, 1.807) is 14.2 Å². The number of rotatable bonds is 8. The number of hydrogen-bond donors (Lipinski definition) is 1. The van der Waals surface area contributed by atoms with Gasteiger partial charge in [0.2, 0.25) is 0 Å². The van der Waals surface area contributed by atoms with E-state index in [2.05, 4.69) is 0 Å². The standard InChI is InChI=1S/C14H21NO4/c1-15(8-4-5-14(16)17)10-11-6-7-12(18-2)9-13(11)19-3/h6-7,9H,4-5,8,10H2,1-3H3,(H,16,17). The lowest BCUT2D eigenvalue weighted by Gasteiger charge is -2.16. The average Bonchev–Trinajstić information content (AvgIpc) is 2.38. The summed E-state index contributed by atoms with van der Waals surface area (Å²) in [5.74, 6) is 0.559. The first kappa shape index (κ1) is 15.3. The first-order valence-electron chi connectivity index (χ1n) is 6.29. The summed E-state index contributed by atoms with van der Waals surface area (Å²) in [4.78, 5) is 11.6. The zero-order valence-electron chi connectivity index (χ0n) is 11.7. The molecule has 0 amide bonds. The minimum atomic E-state index is -0.991. The molecule has 0 heterocycles. The van der Waals surface area contributed by atoms with Gasteiger partial charge in [0.25, 0.3) is 0 Å². The smallest absolute Gasteiger partial charge is 0.131 e. The predicted molar refractivity (Wildman–Crippen MR) is 69.2 cm³/mol. The van der Waals surface area contributed by atoms with E-state index in [0.717, 1.165) is 30.2 Å². The Kier molecular flexibility index (Phi) is 6.15. The number of carbonyl (C=O) groups excluding carboxylic acids is 1. The van der Waals surface area contributed by atoms with E-state index in [9.17, 15) is 9.90 Å². The summed E-state index contributed by atoms with van der Waals surface area (Å²) in [6, 6.07) is 5.72. The highest BCUT2D eigenvalue weighted by molar-refractivity contribution is 5.64. The van der Waals surface area contributed by atoms with Crippen molar-refractivity contribution in [2.75, 3.05) is 27.8 Å². The summed E-state index contributed by atoms with van der Waals surface area (Å²) in [6.45, 7) is 1.56. The normalized spacial score (nSPS) is 11.9. The van der Waals surface area contributed by atoms with Crippen molar-refractivity contribution in [1.29, 1.82) is 0 Å². The Morgan fingerprint density at radius 1 is 1.32 bits per heavy atom. The summed E-state index contributed by atoms with van der Waals surface area (Å²) in [5, 5.41) is 10.4. The fourth-order valence-corrected chi connectivity index (χ4v) is 1.95. The quantitative estimate of drug-likeness (QED) is 0.673. The van der Waals surface area contributed by atoms with E-state index in [1.807, 2.05) is 25.2 Å². The van der Waals surface area contributed by atoms with E-state index in [0.29, 0.717) is 6.42 Å². The third-order valence-corrected chi connectivity index (χ3v) is 2.97. The number of nitrogens with one attached hydrogen (secondary N) is 1. The molecule has 5 nitrogen and oxygen atoms in total. The van der Waals surface area contributed by atoms with Crippen molar-refractivity contribution in [2.24, 2.45) is 0 Å². The van der Waals surface area contributed by atoms with Gasteiger partial charge in [0.1, 0.15) is 18.0 Å². The highest BCUT2D eigenvalue weighted by Gasteiger charge is 2.10. The van der Waals surface area contributed by atoms with Crippen LogP contribution in [0.15, 0.2) is 18.2 Å². The van der Waals surface area contributed by atoms with Crippen LogP contribution in [0.4, 0.5) is 0 Å². The summed E-state index contributed by atoms with van der Waals surface area (Å²) in [5.41, 5.74) is 1.08. The monoisotopic (exact) mass is 267 g/mol. The topological polar surface area (TPSA) is 63.0 Å². The SMILES string of the molecule is COc1ccc(C[NH+](C)CCCC(=O)[O-])c(OC)c1. The first-order chi connectivity index (χ1) is 9.06. The van der Waals surface area contributed by atoms with Crippen molar-refractivity contribution in [3.63, 3.8) is 0 Å². The molecule has 0 aromatic heterocycles. The van der Waals surface area contributed by atoms with Crippen molar-refractivity contribution >= 4 is 5.97 Å². The van der Waals surface area contributed by atoms with Gasteiger partial charge in [-0.1, -0.05) is 0 Å². The van der Waals surface area contributed by atoms with Gasteiger partial charge in [0.15, 0.2) is 0 Å². The molecule has 0 saturated carbocycles. The minimum Gasteiger partial charge on any atom is -0.550 e. The number of carboxylic acid groups (broad SMARTS) is 1. The van der Waals surface area contributed by atoms with Crippen LogP contribution in [-0.4, -0.2) is 33.8 Å². The highest BCUT2D eigenvalue weighted by Crippen LogP contribution is 2.23. The zero-order chi connectivity index (χ0) is 14.3. The van der Waals surface area contributed by atoms with Gasteiger partial charge in [-0.15, -0.1) is 0 Å². The Balaban J connectivity index is 2.58. The van der Waals surface area contributed by atoms with Crippen LogP contribution in [0.2, 0.25) is 0 Å². The molecular weight excluding hydrogens is 246 g/mol. The Morgan fingerprint density at radius 3 is 2.63 bits per heavy atom. The summed E-state index contributed by atoms with van der Waals surface area (Å²) < 4.78 is 10.5. The van der Waals surface area contributed by atoms with Gasteiger partial charge in [0, 0.05) is 24.0 Å². The van der Waals surface area contributed by atoms with Crippen LogP contribution >= 0.6 is 0 Å². The van der Waals surface area contributed by atoms with Crippen molar-refractivity contribution in [2.45, 2.75) is 19.4 Å². The lowest BCUT2D eigenvalue weighted by molar-refractivity contribution is -0.893. The number of carbonyl (C=O) groups is 1. The zero-order valence-corrected chi connectivity index (χ0v) is 11.7. The molecule has 1 atom stereocenters. The molecule has 1 unspecified atom stereocenters. The summed E-state index contributed by atoms with van der Waals surface area (Å²) in [7, 11) is 5.27. The van der Waals surface area contributed by atoms with Crippen molar-refractivity contribution in [1.82, 2.24) is 0 Å². The van der Waals surface area contributed by atoms with Crippen molar-refractivity contribution in [3.8, 4) is 11.5 Å². The molecule has 0 aliphatic heterocycles. The number of carboxylic acids is 1. The van der Waals surface area contributed by atoms with Crippen LogP contribution in [0.5, 0.6) is 11.5 Å².